The first-order valence-corrected chi connectivity index (χ1v) is 9.33. The predicted octanol–water partition coefficient (Wildman–Crippen LogP) is 3.74. The summed E-state index contributed by atoms with van der Waals surface area (Å²) in [5.74, 6) is 6.17. The summed E-state index contributed by atoms with van der Waals surface area (Å²) >= 11 is 0. The van der Waals surface area contributed by atoms with E-state index in [0.717, 1.165) is 44.9 Å². The highest BCUT2D eigenvalue weighted by molar-refractivity contribution is 5.91. The highest BCUT2D eigenvalue weighted by atomic mass is 16.3. The normalized spacial score (nSPS) is 52.0. The molecular weight excluding hydrogens is 284 g/mol. The fourth-order valence-electron chi connectivity index (χ4n) is 6.84. The number of terminal acetylenes is 1. The van der Waals surface area contributed by atoms with Gasteiger partial charge in [0.15, 0.2) is 5.78 Å². The molecule has 2 heteroatoms. The minimum atomic E-state index is -0.916. The number of hydrogen-bond acceptors (Lipinski definition) is 2. The quantitative estimate of drug-likeness (QED) is 0.692. The van der Waals surface area contributed by atoms with Crippen molar-refractivity contribution in [3.8, 4) is 12.3 Å². The van der Waals surface area contributed by atoms with Gasteiger partial charge in [-0.05, 0) is 74.2 Å². The number of hydrogen-bond donors (Lipinski definition) is 1. The molecule has 3 fully saturated rings. The lowest BCUT2D eigenvalue weighted by atomic mass is 9.48. The van der Waals surface area contributed by atoms with Gasteiger partial charge in [-0.2, -0.15) is 0 Å². The van der Waals surface area contributed by atoms with Crippen molar-refractivity contribution in [2.75, 3.05) is 0 Å². The number of allylic oxidation sites excluding steroid dienone is 1. The Labute approximate surface area is 139 Å². The minimum Gasteiger partial charge on any atom is -0.377 e. The van der Waals surface area contributed by atoms with Gasteiger partial charge in [0.05, 0.1) is 0 Å². The second-order valence-electron chi connectivity index (χ2n) is 8.86. The van der Waals surface area contributed by atoms with Gasteiger partial charge in [0.1, 0.15) is 5.60 Å². The van der Waals surface area contributed by atoms with Crippen molar-refractivity contribution in [2.24, 2.45) is 35.0 Å². The van der Waals surface area contributed by atoms with Gasteiger partial charge < -0.3 is 5.11 Å². The maximum absolute atomic E-state index is 11.8. The van der Waals surface area contributed by atoms with E-state index in [4.69, 9.17) is 6.42 Å². The van der Waals surface area contributed by atoms with E-state index in [0.29, 0.717) is 35.4 Å². The van der Waals surface area contributed by atoms with Crippen molar-refractivity contribution >= 4 is 5.78 Å². The minimum absolute atomic E-state index is 0.122. The third-order valence-electron chi connectivity index (χ3n) is 8.03. The van der Waals surface area contributed by atoms with E-state index in [1.54, 1.807) is 0 Å². The zero-order chi connectivity index (χ0) is 16.4. The molecule has 4 aliphatic carbocycles. The molecule has 4 aliphatic rings. The standard InChI is InChI=1S/C21H28O2/c1-4-21(23)10-8-18-19-13(2)11-14-12-15(22)5-6-16(14)17(19)7-9-20(18,21)3/h1,12-13,16-19,23H,5-11H2,2-3H3/t13-,16?,17-,18+,19-,20+,21+/m1/s1. The summed E-state index contributed by atoms with van der Waals surface area (Å²) in [5, 5.41) is 11.0. The molecule has 4 rings (SSSR count). The van der Waals surface area contributed by atoms with E-state index in [1.807, 2.05) is 6.08 Å². The highest BCUT2D eigenvalue weighted by Crippen LogP contribution is 2.65. The molecule has 3 saturated carbocycles. The van der Waals surface area contributed by atoms with Crippen molar-refractivity contribution in [3.63, 3.8) is 0 Å². The monoisotopic (exact) mass is 312 g/mol. The molecule has 1 N–H and O–H groups in total. The Bertz CT molecular complexity index is 612. The molecule has 0 radical (unpaired) electrons. The van der Waals surface area contributed by atoms with Gasteiger partial charge in [-0.1, -0.05) is 25.3 Å². The van der Waals surface area contributed by atoms with Crippen molar-refractivity contribution in [1.29, 1.82) is 0 Å². The second-order valence-corrected chi connectivity index (χ2v) is 8.86. The smallest absolute Gasteiger partial charge is 0.155 e. The van der Waals surface area contributed by atoms with E-state index in [2.05, 4.69) is 19.8 Å². The van der Waals surface area contributed by atoms with Crippen molar-refractivity contribution in [2.45, 2.75) is 64.4 Å². The van der Waals surface area contributed by atoms with Crippen molar-refractivity contribution < 1.29 is 9.90 Å². The lowest BCUT2D eigenvalue weighted by molar-refractivity contribution is -0.117. The van der Waals surface area contributed by atoms with Crippen LogP contribution in [0.3, 0.4) is 0 Å². The van der Waals surface area contributed by atoms with Crippen LogP contribution in [0.5, 0.6) is 0 Å². The third-order valence-corrected chi connectivity index (χ3v) is 8.03. The fraction of sp³-hybridized carbons (Fsp3) is 0.762. The summed E-state index contributed by atoms with van der Waals surface area (Å²) in [6.07, 6.45) is 14.5. The fourth-order valence-corrected chi connectivity index (χ4v) is 6.84. The number of aliphatic hydroxyl groups is 1. The van der Waals surface area contributed by atoms with E-state index < -0.39 is 5.60 Å². The van der Waals surface area contributed by atoms with Crippen LogP contribution in [0.1, 0.15) is 58.8 Å². The van der Waals surface area contributed by atoms with Crippen LogP contribution in [0.4, 0.5) is 0 Å². The average Bonchev–Trinajstić information content (AvgIpc) is 2.79. The first-order chi connectivity index (χ1) is 10.9. The lowest BCUT2D eigenvalue weighted by Gasteiger charge is -2.56. The highest BCUT2D eigenvalue weighted by Gasteiger charge is 2.62. The Morgan fingerprint density at radius 1 is 1.30 bits per heavy atom. The molecule has 0 aromatic carbocycles. The summed E-state index contributed by atoms with van der Waals surface area (Å²) < 4.78 is 0. The molecule has 0 aliphatic heterocycles. The van der Waals surface area contributed by atoms with Crippen LogP contribution < -0.4 is 0 Å². The summed E-state index contributed by atoms with van der Waals surface area (Å²) in [6, 6.07) is 0. The lowest BCUT2D eigenvalue weighted by Crippen LogP contribution is -2.53. The molecule has 2 nitrogen and oxygen atoms in total. The molecule has 1 unspecified atom stereocenters. The first-order valence-electron chi connectivity index (χ1n) is 9.33. The molecule has 0 saturated heterocycles. The van der Waals surface area contributed by atoms with E-state index in [9.17, 15) is 9.90 Å². The molecule has 0 aromatic rings. The van der Waals surface area contributed by atoms with Crippen LogP contribution in [0.15, 0.2) is 11.6 Å². The van der Waals surface area contributed by atoms with Crippen LogP contribution in [-0.2, 0) is 4.79 Å². The summed E-state index contributed by atoms with van der Waals surface area (Å²) in [5.41, 5.74) is 0.382. The number of ketones is 1. The number of carbonyl (C=O) groups is 1. The van der Waals surface area contributed by atoms with Crippen molar-refractivity contribution in [3.05, 3.63) is 11.6 Å². The van der Waals surface area contributed by atoms with Gasteiger partial charge in [0, 0.05) is 11.8 Å². The number of fused-ring (bicyclic) bond motifs is 5. The topological polar surface area (TPSA) is 37.3 Å². The predicted molar refractivity (Wildman–Crippen MR) is 90.4 cm³/mol. The Morgan fingerprint density at radius 3 is 2.83 bits per heavy atom. The Hall–Kier alpha value is -1.07. The largest absolute Gasteiger partial charge is 0.377 e. The maximum Gasteiger partial charge on any atom is 0.155 e. The summed E-state index contributed by atoms with van der Waals surface area (Å²) in [6.45, 7) is 4.59. The van der Waals surface area contributed by atoms with Crippen LogP contribution in [-0.4, -0.2) is 16.5 Å². The zero-order valence-electron chi connectivity index (χ0n) is 14.3. The SMILES string of the molecule is C#C[C@]1(O)CC[C@H]2[C@@H]3[C@H](C)CC4=CC(=O)CCC4[C@H]3CC[C@@]21C. The summed E-state index contributed by atoms with van der Waals surface area (Å²) in [7, 11) is 0. The second kappa shape index (κ2) is 4.96. The number of carbonyl (C=O) groups excluding carboxylic acids is 1. The molecular formula is C21H28O2. The number of rotatable bonds is 0. The van der Waals surface area contributed by atoms with E-state index in [-0.39, 0.29) is 5.41 Å². The molecule has 0 heterocycles. The van der Waals surface area contributed by atoms with E-state index >= 15 is 0 Å². The Morgan fingerprint density at radius 2 is 2.09 bits per heavy atom. The Balaban J connectivity index is 1.70. The maximum atomic E-state index is 11.8. The van der Waals surface area contributed by atoms with Gasteiger partial charge in [-0.15, -0.1) is 6.42 Å². The van der Waals surface area contributed by atoms with Gasteiger partial charge in [-0.25, -0.2) is 0 Å². The van der Waals surface area contributed by atoms with Gasteiger partial charge >= 0.3 is 0 Å². The Kier molecular flexibility index (Phi) is 3.34. The molecule has 124 valence electrons. The molecule has 7 atom stereocenters. The molecule has 0 bridgehead atoms. The van der Waals surface area contributed by atoms with Crippen molar-refractivity contribution in [1.82, 2.24) is 0 Å². The first kappa shape index (κ1) is 15.5. The van der Waals surface area contributed by atoms with Crippen LogP contribution in [0.2, 0.25) is 0 Å². The van der Waals surface area contributed by atoms with Gasteiger partial charge in [0.2, 0.25) is 0 Å². The van der Waals surface area contributed by atoms with Crippen LogP contribution >= 0.6 is 0 Å². The zero-order valence-corrected chi connectivity index (χ0v) is 14.3. The van der Waals surface area contributed by atoms with E-state index in [1.165, 1.54) is 5.57 Å². The summed E-state index contributed by atoms with van der Waals surface area (Å²) in [4.78, 5) is 11.8. The van der Waals surface area contributed by atoms with Crippen LogP contribution in [0, 0.1) is 47.3 Å². The average molecular weight is 312 g/mol. The third kappa shape index (κ3) is 1.96. The molecule has 0 amide bonds. The molecule has 0 aromatic heterocycles. The molecule has 23 heavy (non-hydrogen) atoms. The van der Waals surface area contributed by atoms with Gasteiger partial charge in [-0.3, -0.25) is 4.79 Å². The van der Waals surface area contributed by atoms with Crippen LogP contribution in [0.25, 0.3) is 0 Å². The molecule has 0 spiro atoms. The van der Waals surface area contributed by atoms with Gasteiger partial charge in [0.25, 0.3) is 0 Å².